The summed E-state index contributed by atoms with van der Waals surface area (Å²) in [5.74, 6) is 2.49. The molecular formula is C32H36FN5O2S. The van der Waals surface area contributed by atoms with Crippen molar-refractivity contribution in [2.45, 2.75) is 58.8 Å². The van der Waals surface area contributed by atoms with Crippen molar-refractivity contribution in [1.29, 1.82) is 0 Å². The van der Waals surface area contributed by atoms with Gasteiger partial charge in [0.05, 0.1) is 5.01 Å². The summed E-state index contributed by atoms with van der Waals surface area (Å²) in [6, 6.07) is 12.5. The molecule has 0 aliphatic carbocycles. The van der Waals surface area contributed by atoms with E-state index in [1.54, 1.807) is 23.6 Å². The van der Waals surface area contributed by atoms with E-state index in [9.17, 15) is 4.39 Å². The molecule has 0 saturated carbocycles. The number of nitrogens with zero attached hydrogens (tertiary/aromatic N) is 4. The minimum atomic E-state index is -0.317. The van der Waals surface area contributed by atoms with E-state index in [2.05, 4.69) is 28.2 Å². The largest absolute Gasteiger partial charge is 0.457 e. The van der Waals surface area contributed by atoms with Crippen LogP contribution in [0.2, 0.25) is 0 Å². The van der Waals surface area contributed by atoms with Crippen molar-refractivity contribution in [1.82, 2.24) is 19.4 Å². The third-order valence-electron chi connectivity index (χ3n) is 6.82. The SMILES string of the molecule is CCC.Cc1ncc(CCc2cc(F)cc(Oc3ccc(-c4nc(C5CCOCC5)n5ccnc(N)c45)cc3)c2)s1. The number of benzene rings is 2. The topological polar surface area (TPSA) is 87.6 Å². The molecule has 7 nitrogen and oxygen atoms in total. The van der Waals surface area contributed by atoms with Gasteiger partial charge < -0.3 is 15.2 Å². The quantitative estimate of drug-likeness (QED) is 0.214. The highest BCUT2D eigenvalue weighted by Crippen LogP contribution is 2.35. The number of imidazole rings is 1. The number of halogens is 1. The highest BCUT2D eigenvalue weighted by Gasteiger charge is 2.24. The fourth-order valence-electron chi connectivity index (χ4n) is 4.96. The van der Waals surface area contributed by atoms with Crippen LogP contribution >= 0.6 is 11.3 Å². The molecule has 4 heterocycles. The summed E-state index contributed by atoms with van der Waals surface area (Å²) in [6.07, 6.45) is 10.1. The smallest absolute Gasteiger partial charge is 0.150 e. The third-order valence-corrected chi connectivity index (χ3v) is 7.79. The van der Waals surface area contributed by atoms with Crippen LogP contribution in [0, 0.1) is 12.7 Å². The second-order valence-corrected chi connectivity index (χ2v) is 11.5. The Morgan fingerprint density at radius 1 is 1.05 bits per heavy atom. The van der Waals surface area contributed by atoms with Crippen LogP contribution in [0.3, 0.4) is 0 Å². The molecule has 5 aromatic rings. The molecule has 2 N–H and O–H groups in total. The van der Waals surface area contributed by atoms with Crippen LogP contribution < -0.4 is 10.5 Å². The highest BCUT2D eigenvalue weighted by atomic mass is 32.1. The van der Waals surface area contributed by atoms with Crippen LogP contribution in [0.4, 0.5) is 10.2 Å². The van der Waals surface area contributed by atoms with Gasteiger partial charge in [-0.1, -0.05) is 20.3 Å². The first-order valence-corrected chi connectivity index (χ1v) is 15.0. The second-order valence-electron chi connectivity index (χ2n) is 10.2. The zero-order chi connectivity index (χ0) is 28.8. The standard InChI is InChI=1S/C29H28FN5O2S.C3H8/c1-18-33-17-25(38-18)7-2-19-14-22(30)16-24(15-19)37-23-5-3-20(4-6-23)26-27-28(31)32-10-11-35(27)29(34-26)21-8-12-36-13-9-21;1-3-2/h3-6,10-11,14-17,21H,2,7-9,12-13H2,1H3,(H2,31,32);3H2,1-2H3. The van der Waals surface area contributed by atoms with Gasteiger partial charge in [0, 0.05) is 54.2 Å². The number of nitrogens with two attached hydrogens (primary N) is 1. The lowest BCUT2D eigenvalue weighted by atomic mass is 10.00. The molecule has 214 valence electrons. The van der Waals surface area contributed by atoms with Crippen LogP contribution in [0.15, 0.2) is 61.1 Å². The maximum absolute atomic E-state index is 14.4. The summed E-state index contributed by atoms with van der Waals surface area (Å²) in [5.41, 5.74) is 9.68. The van der Waals surface area contributed by atoms with E-state index in [-0.39, 0.29) is 5.82 Å². The number of thiazole rings is 1. The highest BCUT2D eigenvalue weighted by molar-refractivity contribution is 7.11. The number of ether oxygens (including phenoxy) is 2. The molecule has 1 aliphatic rings. The number of anilines is 1. The van der Waals surface area contributed by atoms with E-state index < -0.39 is 0 Å². The van der Waals surface area contributed by atoms with Crippen LogP contribution in [-0.2, 0) is 17.6 Å². The Hall–Kier alpha value is -3.82. The maximum atomic E-state index is 14.4. The van der Waals surface area contributed by atoms with Gasteiger partial charge in [0.25, 0.3) is 0 Å². The predicted molar refractivity (Wildman–Crippen MR) is 162 cm³/mol. The fraction of sp³-hybridized carbons (Fsp3) is 0.344. The van der Waals surface area contributed by atoms with Crippen LogP contribution in [0.1, 0.15) is 60.3 Å². The molecule has 2 aromatic carbocycles. The Morgan fingerprint density at radius 2 is 1.80 bits per heavy atom. The molecule has 0 amide bonds. The van der Waals surface area contributed by atoms with E-state index >= 15 is 0 Å². The van der Waals surface area contributed by atoms with Gasteiger partial charge in [-0.05, 0) is 74.6 Å². The molecule has 1 fully saturated rings. The predicted octanol–water partition coefficient (Wildman–Crippen LogP) is 7.77. The van der Waals surface area contributed by atoms with Gasteiger partial charge in [0.1, 0.15) is 40.2 Å². The van der Waals surface area contributed by atoms with Gasteiger partial charge in [0.2, 0.25) is 0 Å². The first-order chi connectivity index (χ1) is 19.9. The lowest BCUT2D eigenvalue weighted by Gasteiger charge is -2.20. The van der Waals surface area contributed by atoms with Crippen molar-refractivity contribution in [3.8, 4) is 22.8 Å². The summed E-state index contributed by atoms with van der Waals surface area (Å²) >= 11 is 1.67. The molecule has 0 unspecified atom stereocenters. The Bertz CT molecular complexity index is 1590. The van der Waals surface area contributed by atoms with Gasteiger partial charge in [-0.25, -0.2) is 19.3 Å². The minimum Gasteiger partial charge on any atom is -0.457 e. The summed E-state index contributed by atoms with van der Waals surface area (Å²) in [4.78, 5) is 14.8. The first-order valence-electron chi connectivity index (χ1n) is 14.1. The molecule has 0 bridgehead atoms. The Labute approximate surface area is 244 Å². The fourth-order valence-corrected chi connectivity index (χ4v) is 5.76. The molecule has 3 aromatic heterocycles. The lowest BCUT2D eigenvalue weighted by molar-refractivity contribution is 0.0835. The third kappa shape index (κ3) is 6.92. The van der Waals surface area contributed by atoms with E-state index in [0.29, 0.717) is 29.7 Å². The lowest BCUT2D eigenvalue weighted by Crippen LogP contribution is -2.16. The molecule has 0 atom stereocenters. The number of aryl methyl sites for hydroxylation is 3. The van der Waals surface area contributed by atoms with Crippen molar-refractivity contribution in [2.24, 2.45) is 0 Å². The number of rotatable bonds is 7. The summed E-state index contributed by atoms with van der Waals surface area (Å²) in [5, 5.41) is 1.04. The number of hydrogen-bond donors (Lipinski definition) is 1. The second kappa shape index (κ2) is 13.2. The van der Waals surface area contributed by atoms with Crippen molar-refractivity contribution >= 4 is 22.7 Å². The normalized spacial score (nSPS) is 13.7. The molecule has 6 rings (SSSR count). The first kappa shape index (κ1) is 28.7. The monoisotopic (exact) mass is 573 g/mol. The van der Waals surface area contributed by atoms with Crippen molar-refractivity contribution in [3.63, 3.8) is 0 Å². The zero-order valence-corrected chi connectivity index (χ0v) is 24.6. The minimum absolute atomic E-state index is 0.302. The Morgan fingerprint density at radius 3 is 2.51 bits per heavy atom. The van der Waals surface area contributed by atoms with Gasteiger partial charge in [-0.3, -0.25) is 4.40 Å². The molecule has 0 radical (unpaired) electrons. The summed E-state index contributed by atoms with van der Waals surface area (Å²) in [6.45, 7) is 7.70. The Kier molecular flexibility index (Phi) is 9.26. The molecule has 1 aliphatic heterocycles. The number of nitrogen functional groups attached to an aromatic ring is 1. The van der Waals surface area contributed by atoms with Crippen LogP contribution in [-0.4, -0.2) is 32.6 Å². The number of fused-ring (bicyclic) bond motifs is 1. The Balaban J connectivity index is 0.00000108. The number of hydrogen-bond acceptors (Lipinski definition) is 7. The average molecular weight is 574 g/mol. The van der Waals surface area contributed by atoms with Crippen LogP contribution in [0.5, 0.6) is 11.5 Å². The molecule has 1 saturated heterocycles. The molecule has 41 heavy (non-hydrogen) atoms. The van der Waals surface area contributed by atoms with Gasteiger partial charge in [-0.2, -0.15) is 0 Å². The molecule has 0 spiro atoms. The van der Waals surface area contributed by atoms with E-state index in [1.807, 2.05) is 49.6 Å². The maximum Gasteiger partial charge on any atom is 0.150 e. The average Bonchev–Trinajstić information content (AvgIpc) is 3.57. The van der Waals surface area contributed by atoms with Crippen molar-refractivity contribution < 1.29 is 13.9 Å². The molecular weight excluding hydrogens is 537 g/mol. The zero-order valence-electron chi connectivity index (χ0n) is 23.8. The van der Waals surface area contributed by atoms with Crippen LogP contribution in [0.25, 0.3) is 16.8 Å². The van der Waals surface area contributed by atoms with E-state index in [1.165, 1.54) is 17.4 Å². The van der Waals surface area contributed by atoms with E-state index in [4.69, 9.17) is 20.2 Å². The van der Waals surface area contributed by atoms with Crippen molar-refractivity contribution in [2.75, 3.05) is 18.9 Å². The van der Waals surface area contributed by atoms with Gasteiger partial charge in [0.15, 0.2) is 0 Å². The van der Waals surface area contributed by atoms with E-state index in [0.717, 1.165) is 65.6 Å². The number of aromatic nitrogens is 4. The van der Waals surface area contributed by atoms with Crippen molar-refractivity contribution in [3.05, 3.63) is 88.1 Å². The summed E-state index contributed by atoms with van der Waals surface area (Å²) in [7, 11) is 0. The molecule has 9 heteroatoms. The van der Waals surface area contributed by atoms with Gasteiger partial charge >= 0.3 is 0 Å². The summed E-state index contributed by atoms with van der Waals surface area (Å²) < 4.78 is 28.0. The van der Waals surface area contributed by atoms with Gasteiger partial charge in [-0.15, -0.1) is 11.3 Å².